The molecule has 0 aromatic heterocycles. The van der Waals surface area contributed by atoms with Gasteiger partial charge in [0.15, 0.2) is 6.61 Å². The molecule has 1 aliphatic rings. The molecule has 28 heavy (non-hydrogen) atoms. The molecule has 1 N–H and O–H groups in total. The van der Waals surface area contributed by atoms with Crippen LogP contribution in [0.15, 0.2) is 48.5 Å². The number of benzene rings is 2. The summed E-state index contributed by atoms with van der Waals surface area (Å²) in [5.74, 6) is -0.610. The fourth-order valence-corrected chi connectivity index (χ4v) is 3.21. The van der Waals surface area contributed by atoms with E-state index in [1.54, 1.807) is 29.2 Å². The van der Waals surface area contributed by atoms with Gasteiger partial charge >= 0.3 is 5.97 Å². The monoisotopic (exact) mass is 380 g/mol. The number of hydrogen-bond donors (Lipinski definition) is 1. The Kier molecular flexibility index (Phi) is 6.09. The largest absolute Gasteiger partial charge is 0.452 e. The van der Waals surface area contributed by atoms with Crippen LogP contribution in [0.1, 0.15) is 48.5 Å². The van der Waals surface area contributed by atoms with E-state index in [4.69, 9.17) is 4.74 Å². The van der Waals surface area contributed by atoms with E-state index in [1.165, 1.54) is 0 Å². The number of hydrogen-bond acceptors (Lipinski definition) is 4. The molecular formula is C22H24N2O4. The van der Waals surface area contributed by atoms with E-state index in [2.05, 4.69) is 5.32 Å². The molecule has 1 aliphatic heterocycles. The standard InChI is InChI=1S/C22H24N2O4/c1-15(2)18-6-3-4-7-19(18)23-20(25)14-28-22(27)16-9-11-17(12-10-16)24-13-5-8-21(24)26/h3-4,6-7,9-12,15H,5,8,13-14H2,1-2H3,(H,23,25). The molecule has 0 saturated carbocycles. The van der Waals surface area contributed by atoms with Crippen LogP contribution in [0.25, 0.3) is 0 Å². The van der Waals surface area contributed by atoms with Gasteiger partial charge in [-0.15, -0.1) is 0 Å². The first-order valence-electron chi connectivity index (χ1n) is 9.42. The summed E-state index contributed by atoms with van der Waals surface area (Å²) in [7, 11) is 0. The molecule has 1 heterocycles. The third-order valence-corrected chi connectivity index (χ3v) is 4.68. The molecule has 1 fully saturated rings. The van der Waals surface area contributed by atoms with E-state index in [0.29, 0.717) is 18.5 Å². The third kappa shape index (κ3) is 4.57. The Morgan fingerprint density at radius 2 is 1.82 bits per heavy atom. The van der Waals surface area contributed by atoms with E-state index < -0.39 is 5.97 Å². The summed E-state index contributed by atoms with van der Waals surface area (Å²) in [5.41, 5.74) is 2.85. The Bertz CT molecular complexity index is 874. The summed E-state index contributed by atoms with van der Waals surface area (Å²) in [4.78, 5) is 37.8. The average molecular weight is 380 g/mol. The SMILES string of the molecule is CC(C)c1ccccc1NC(=O)COC(=O)c1ccc(N2CCCC2=O)cc1. The highest BCUT2D eigenvalue weighted by Gasteiger charge is 2.22. The second kappa shape index (κ2) is 8.69. The Hall–Kier alpha value is -3.15. The van der Waals surface area contributed by atoms with Crippen molar-refractivity contribution in [3.8, 4) is 0 Å². The molecular weight excluding hydrogens is 356 g/mol. The lowest BCUT2D eigenvalue weighted by atomic mass is 10.0. The molecule has 3 rings (SSSR count). The lowest BCUT2D eigenvalue weighted by Gasteiger charge is -2.16. The van der Waals surface area contributed by atoms with Crippen molar-refractivity contribution < 1.29 is 19.1 Å². The average Bonchev–Trinajstić information content (AvgIpc) is 3.12. The van der Waals surface area contributed by atoms with E-state index >= 15 is 0 Å². The molecule has 2 aromatic carbocycles. The fraction of sp³-hybridized carbons (Fsp3) is 0.318. The van der Waals surface area contributed by atoms with Gasteiger partial charge in [0.1, 0.15) is 0 Å². The Morgan fingerprint density at radius 1 is 1.11 bits per heavy atom. The Balaban J connectivity index is 1.55. The summed E-state index contributed by atoms with van der Waals surface area (Å²) in [6.07, 6.45) is 1.40. The number of nitrogens with one attached hydrogen (secondary N) is 1. The van der Waals surface area contributed by atoms with Gasteiger partial charge < -0.3 is 15.0 Å². The van der Waals surface area contributed by atoms with Gasteiger partial charge in [-0.05, 0) is 48.2 Å². The molecule has 6 heteroatoms. The van der Waals surface area contributed by atoms with Crippen molar-refractivity contribution in [1.82, 2.24) is 0 Å². The summed E-state index contributed by atoms with van der Waals surface area (Å²) in [6.45, 7) is 4.42. The quantitative estimate of drug-likeness (QED) is 0.775. The maximum absolute atomic E-state index is 12.2. The molecule has 2 aromatic rings. The number of amides is 2. The second-order valence-electron chi connectivity index (χ2n) is 7.06. The van der Waals surface area contributed by atoms with E-state index in [-0.39, 0.29) is 24.3 Å². The highest BCUT2D eigenvalue weighted by Crippen LogP contribution is 2.24. The zero-order valence-corrected chi connectivity index (χ0v) is 16.1. The molecule has 146 valence electrons. The van der Waals surface area contributed by atoms with E-state index in [1.807, 2.05) is 38.1 Å². The second-order valence-corrected chi connectivity index (χ2v) is 7.06. The number of anilines is 2. The lowest BCUT2D eigenvalue weighted by molar-refractivity contribution is -0.119. The topological polar surface area (TPSA) is 75.7 Å². The molecule has 6 nitrogen and oxygen atoms in total. The minimum absolute atomic E-state index is 0.0914. The van der Waals surface area contributed by atoms with Crippen molar-refractivity contribution in [2.24, 2.45) is 0 Å². The van der Waals surface area contributed by atoms with Crippen LogP contribution in [0, 0.1) is 0 Å². The highest BCUT2D eigenvalue weighted by molar-refractivity contribution is 5.97. The van der Waals surface area contributed by atoms with Crippen molar-refractivity contribution in [2.45, 2.75) is 32.6 Å². The number of para-hydroxylation sites is 1. The first-order chi connectivity index (χ1) is 13.5. The Labute approximate surface area is 164 Å². The molecule has 2 amide bonds. The number of nitrogens with zero attached hydrogens (tertiary/aromatic N) is 1. The molecule has 1 saturated heterocycles. The molecule has 0 unspecified atom stereocenters. The van der Waals surface area contributed by atoms with Crippen LogP contribution in [-0.4, -0.2) is 30.9 Å². The number of carbonyl (C=O) groups is 3. The van der Waals surface area contributed by atoms with Gasteiger partial charge in [0.2, 0.25) is 5.91 Å². The maximum Gasteiger partial charge on any atom is 0.338 e. The molecule has 0 radical (unpaired) electrons. The smallest absolute Gasteiger partial charge is 0.338 e. The molecule has 0 atom stereocenters. The first-order valence-corrected chi connectivity index (χ1v) is 9.42. The van der Waals surface area contributed by atoms with Gasteiger partial charge in [-0.1, -0.05) is 32.0 Å². The van der Waals surface area contributed by atoms with Crippen LogP contribution in [0.5, 0.6) is 0 Å². The zero-order chi connectivity index (χ0) is 20.1. The van der Waals surface area contributed by atoms with E-state index in [9.17, 15) is 14.4 Å². The summed E-state index contributed by atoms with van der Waals surface area (Å²) in [6, 6.07) is 14.2. The zero-order valence-electron chi connectivity index (χ0n) is 16.1. The summed E-state index contributed by atoms with van der Waals surface area (Å²) >= 11 is 0. The Morgan fingerprint density at radius 3 is 2.46 bits per heavy atom. The van der Waals surface area contributed by atoms with Gasteiger partial charge in [-0.2, -0.15) is 0 Å². The highest BCUT2D eigenvalue weighted by atomic mass is 16.5. The number of ether oxygens (including phenoxy) is 1. The van der Waals surface area contributed by atoms with Crippen molar-refractivity contribution in [1.29, 1.82) is 0 Å². The maximum atomic E-state index is 12.2. The van der Waals surface area contributed by atoms with Crippen LogP contribution in [0.4, 0.5) is 11.4 Å². The summed E-state index contributed by atoms with van der Waals surface area (Å²) in [5, 5.41) is 2.79. The minimum atomic E-state index is -0.577. The van der Waals surface area contributed by atoms with Crippen molar-refractivity contribution in [2.75, 3.05) is 23.4 Å². The van der Waals surface area contributed by atoms with Gasteiger partial charge in [0, 0.05) is 24.3 Å². The van der Waals surface area contributed by atoms with E-state index in [0.717, 1.165) is 23.4 Å². The van der Waals surface area contributed by atoms with Crippen LogP contribution in [-0.2, 0) is 14.3 Å². The third-order valence-electron chi connectivity index (χ3n) is 4.68. The molecule has 0 aliphatic carbocycles. The van der Waals surface area contributed by atoms with Crippen LogP contribution >= 0.6 is 0 Å². The fourth-order valence-electron chi connectivity index (χ4n) is 3.21. The van der Waals surface area contributed by atoms with Crippen LogP contribution in [0.3, 0.4) is 0 Å². The summed E-state index contributed by atoms with van der Waals surface area (Å²) < 4.78 is 5.12. The van der Waals surface area contributed by atoms with Crippen molar-refractivity contribution in [3.63, 3.8) is 0 Å². The van der Waals surface area contributed by atoms with Crippen LogP contribution < -0.4 is 10.2 Å². The normalized spacial score (nSPS) is 13.7. The first kappa shape index (κ1) is 19.6. The number of carbonyl (C=O) groups excluding carboxylic acids is 3. The lowest BCUT2D eigenvalue weighted by Crippen LogP contribution is -2.24. The van der Waals surface area contributed by atoms with Gasteiger partial charge in [-0.3, -0.25) is 9.59 Å². The van der Waals surface area contributed by atoms with Gasteiger partial charge in [0.25, 0.3) is 5.91 Å². The molecule has 0 bridgehead atoms. The predicted octanol–water partition coefficient (Wildman–Crippen LogP) is 3.73. The van der Waals surface area contributed by atoms with Crippen molar-refractivity contribution in [3.05, 3.63) is 59.7 Å². The van der Waals surface area contributed by atoms with Crippen molar-refractivity contribution >= 4 is 29.2 Å². The van der Waals surface area contributed by atoms with Crippen LogP contribution in [0.2, 0.25) is 0 Å². The minimum Gasteiger partial charge on any atom is -0.452 e. The van der Waals surface area contributed by atoms with Gasteiger partial charge in [0.05, 0.1) is 5.56 Å². The number of rotatable bonds is 6. The number of esters is 1. The predicted molar refractivity (Wildman–Crippen MR) is 107 cm³/mol. The van der Waals surface area contributed by atoms with Gasteiger partial charge in [-0.25, -0.2) is 4.79 Å². The molecule has 0 spiro atoms.